The summed E-state index contributed by atoms with van der Waals surface area (Å²) in [6, 6.07) is 8.88. The summed E-state index contributed by atoms with van der Waals surface area (Å²) in [5.74, 6) is -1.50. The van der Waals surface area contributed by atoms with E-state index < -0.39 is 33.6 Å². The summed E-state index contributed by atoms with van der Waals surface area (Å²) in [5, 5.41) is 6.84. The van der Waals surface area contributed by atoms with Gasteiger partial charge in [0.15, 0.2) is 6.61 Å². The lowest BCUT2D eigenvalue weighted by molar-refractivity contribution is -0.119. The first-order valence-corrected chi connectivity index (χ1v) is 8.67. The van der Waals surface area contributed by atoms with E-state index in [4.69, 9.17) is 19.0 Å². The van der Waals surface area contributed by atoms with E-state index in [0.717, 1.165) is 12.1 Å². The van der Waals surface area contributed by atoms with Crippen LogP contribution in [0.5, 0.6) is 5.75 Å². The van der Waals surface area contributed by atoms with E-state index in [1.165, 1.54) is 0 Å². The summed E-state index contributed by atoms with van der Waals surface area (Å²) in [6.45, 7) is 1.64. The molecule has 1 aromatic carbocycles. The molecule has 3 N–H and O–H groups in total. The molecule has 134 valence electrons. The predicted octanol–water partition coefficient (Wildman–Crippen LogP) is 1.12. The van der Waals surface area contributed by atoms with Crippen LogP contribution in [0.25, 0.3) is 0 Å². The average molecular weight is 368 g/mol. The second-order valence-corrected chi connectivity index (χ2v) is 6.21. The van der Waals surface area contributed by atoms with Crippen LogP contribution in [0.1, 0.15) is 17.5 Å². The summed E-state index contributed by atoms with van der Waals surface area (Å²) in [4.78, 5) is 23.6. The Balaban J connectivity index is 1.94. The lowest BCUT2D eigenvalue weighted by atomic mass is 10.3. The first-order valence-electron chi connectivity index (χ1n) is 7.12. The van der Waals surface area contributed by atoms with Crippen LogP contribution < -0.4 is 15.2 Å². The van der Waals surface area contributed by atoms with Gasteiger partial charge in [-0.05, 0) is 31.2 Å². The van der Waals surface area contributed by atoms with E-state index in [9.17, 15) is 18.0 Å². The summed E-state index contributed by atoms with van der Waals surface area (Å²) >= 11 is 0. The van der Waals surface area contributed by atoms with Crippen LogP contribution in [0.3, 0.4) is 0 Å². The molecular weight excluding hydrogens is 352 g/mol. The van der Waals surface area contributed by atoms with Gasteiger partial charge in [-0.1, -0.05) is 12.1 Å². The zero-order valence-corrected chi connectivity index (χ0v) is 14.0. The number of rotatable bonds is 7. The van der Waals surface area contributed by atoms with Crippen LogP contribution in [-0.4, -0.2) is 33.5 Å². The third-order valence-corrected chi connectivity index (χ3v) is 3.64. The monoisotopic (exact) mass is 368 g/mol. The van der Waals surface area contributed by atoms with Crippen LogP contribution in [0, 0.1) is 0 Å². The molecule has 1 heterocycles. The van der Waals surface area contributed by atoms with Crippen molar-refractivity contribution in [1.29, 1.82) is 0 Å². The molecule has 10 heteroatoms. The number of nitrogens with one attached hydrogen (secondary N) is 1. The van der Waals surface area contributed by atoms with Gasteiger partial charge in [-0.15, -0.1) is 0 Å². The molecule has 2 aromatic rings. The number of hydrogen-bond donors (Lipinski definition) is 2. The van der Waals surface area contributed by atoms with Crippen molar-refractivity contribution < 1.29 is 31.9 Å². The second kappa shape index (κ2) is 7.81. The highest BCUT2D eigenvalue weighted by Crippen LogP contribution is 2.23. The van der Waals surface area contributed by atoms with E-state index >= 15 is 0 Å². The summed E-state index contributed by atoms with van der Waals surface area (Å²) < 4.78 is 37.1. The Morgan fingerprint density at radius 3 is 2.56 bits per heavy atom. The van der Waals surface area contributed by atoms with Gasteiger partial charge in [-0.2, -0.15) is 0 Å². The molecule has 0 aliphatic rings. The van der Waals surface area contributed by atoms with E-state index in [0.29, 0.717) is 18.0 Å². The Bertz CT molecular complexity index is 874. The minimum atomic E-state index is -4.07. The van der Waals surface area contributed by atoms with Gasteiger partial charge >= 0.3 is 5.97 Å². The van der Waals surface area contributed by atoms with E-state index in [-0.39, 0.29) is 5.76 Å². The molecule has 0 fully saturated rings. The van der Waals surface area contributed by atoms with Crippen LogP contribution in [0.2, 0.25) is 0 Å². The first kappa shape index (κ1) is 18.5. The van der Waals surface area contributed by atoms with Gasteiger partial charge in [0.1, 0.15) is 5.75 Å². The number of amides is 1. The van der Waals surface area contributed by atoms with E-state index in [1.54, 1.807) is 31.2 Å². The first-order chi connectivity index (χ1) is 11.8. The van der Waals surface area contributed by atoms with Gasteiger partial charge in [-0.25, -0.2) is 18.4 Å². The zero-order valence-electron chi connectivity index (χ0n) is 13.2. The largest absolute Gasteiger partial charge is 0.492 e. The third-order valence-electron chi connectivity index (χ3n) is 2.86. The number of benzene rings is 1. The molecular formula is C15H16N2O7S. The number of carbonyl (C=O) groups is 2. The van der Waals surface area contributed by atoms with Crippen LogP contribution in [-0.2, 0) is 19.6 Å². The number of primary sulfonamides is 1. The Kier molecular flexibility index (Phi) is 5.78. The number of esters is 1. The van der Waals surface area contributed by atoms with Gasteiger partial charge in [0.25, 0.3) is 15.9 Å². The predicted molar refractivity (Wildman–Crippen MR) is 86.6 cm³/mol. The smallest absolute Gasteiger partial charge is 0.374 e. The number of furan rings is 1. The molecule has 0 radical (unpaired) electrons. The summed E-state index contributed by atoms with van der Waals surface area (Å²) in [7, 11) is -4.07. The lowest BCUT2D eigenvalue weighted by Crippen LogP contribution is -2.21. The molecule has 0 aliphatic carbocycles. The number of anilines is 1. The molecule has 0 spiro atoms. The number of ether oxygens (including phenoxy) is 2. The van der Waals surface area contributed by atoms with Crippen molar-refractivity contribution in [2.75, 3.05) is 18.5 Å². The van der Waals surface area contributed by atoms with Crippen molar-refractivity contribution in [1.82, 2.24) is 0 Å². The molecule has 0 aliphatic heterocycles. The fourth-order valence-corrected chi connectivity index (χ4v) is 2.29. The van der Waals surface area contributed by atoms with E-state index in [2.05, 4.69) is 5.32 Å². The van der Waals surface area contributed by atoms with Crippen molar-refractivity contribution in [3.05, 3.63) is 42.2 Å². The van der Waals surface area contributed by atoms with Crippen LogP contribution >= 0.6 is 0 Å². The molecule has 1 aromatic heterocycles. The maximum Gasteiger partial charge on any atom is 0.374 e. The molecule has 0 bridgehead atoms. The minimum Gasteiger partial charge on any atom is -0.492 e. The van der Waals surface area contributed by atoms with Crippen molar-refractivity contribution in [3.8, 4) is 5.75 Å². The molecule has 25 heavy (non-hydrogen) atoms. The number of sulfonamides is 1. The van der Waals surface area contributed by atoms with Crippen LogP contribution in [0.4, 0.5) is 5.69 Å². The second-order valence-electron chi connectivity index (χ2n) is 4.72. The van der Waals surface area contributed by atoms with Crippen molar-refractivity contribution >= 4 is 27.6 Å². The quantitative estimate of drug-likeness (QED) is 0.698. The molecule has 0 unspecified atom stereocenters. The maximum atomic E-state index is 11.9. The Labute approximate surface area is 143 Å². The normalized spacial score (nSPS) is 11.0. The van der Waals surface area contributed by atoms with Gasteiger partial charge in [0, 0.05) is 0 Å². The van der Waals surface area contributed by atoms with Gasteiger partial charge < -0.3 is 19.2 Å². The standard InChI is InChI=1S/C15H16N2O7S/c1-2-22-11-6-4-3-5-10(11)17-13(18)9-23-15(19)12-7-8-14(24-12)25(16,20)21/h3-8H,2,9H2,1H3,(H,17,18)(H2,16,20,21). The maximum absolute atomic E-state index is 11.9. The SMILES string of the molecule is CCOc1ccccc1NC(=O)COC(=O)c1ccc(S(N)(=O)=O)o1. The topological polar surface area (TPSA) is 138 Å². The van der Waals surface area contributed by atoms with Crippen molar-refractivity contribution in [2.45, 2.75) is 12.0 Å². The number of carbonyl (C=O) groups excluding carboxylic acids is 2. The molecule has 0 saturated heterocycles. The van der Waals surface area contributed by atoms with E-state index in [1.807, 2.05) is 0 Å². The molecule has 1 amide bonds. The highest BCUT2D eigenvalue weighted by atomic mass is 32.2. The average Bonchev–Trinajstić information content (AvgIpc) is 3.05. The lowest BCUT2D eigenvalue weighted by Gasteiger charge is -2.11. The summed E-state index contributed by atoms with van der Waals surface area (Å²) in [5.41, 5.74) is 0.430. The Morgan fingerprint density at radius 1 is 1.20 bits per heavy atom. The van der Waals surface area contributed by atoms with Crippen molar-refractivity contribution in [3.63, 3.8) is 0 Å². The number of nitrogens with two attached hydrogens (primary N) is 1. The Hall–Kier alpha value is -2.85. The fourth-order valence-electron chi connectivity index (χ4n) is 1.82. The third kappa shape index (κ3) is 5.06. The minimum absolute atomic E-state index is 0.383. The number of para-hydroxylation sites is 2. The Morgan fingerprint density at radius 2 is 1.92 bits per heavy atom. The highest BCUT2D eigenvalue weighted by molar-refractivity contribution is 7.89. The fraction of sp³-hybridized carbons (Fsp3) is 0.200. The molecule has 0 atom stereocenters. The van der Waals surface area contributed by atoms with Crippen molar-refractivity contribution in [2.24, 2.45) is 5.14 Å². The van der Waals surface area contributed by atoms with Gasteiger partial charge in [-0.3, -0.25) is 4.79 Å². The molecule has 0 saturated carbocycles. The zero-order chi connectivity index (χ0) is 18.4. The van der Waals surface area contributed by atoms with Gasteiger partial charge in [0.05, 0.1) is 12.3 Å². The highest BCUT2D eigenvalue weighted by Gasteiger charge is 2.19. The van der Waals surface area contributed by atoms with Gasteiger partial charge in [0.2, 0.25) is 10.9 Å². The number of hydrogen-bond acceptors (Lipinski definition) is 7. The summed E-state index contributed by atoms with van der Waals surface area (Å²) in [6.07, 6.45) is 0. The van der Waals surface area contributed by atoms with Crippen LogP contribution in [0.15, 0.2) is 45.9 Å². The molecule has 9 nitrogen and oxygen atoms in total. The molecule has 2 rings (SSSR count).